The quantitative estimate of drug-likeness (QED) is 0.607. The topological polar surface area (TPSA) is 69.0 Å². The summed E-state index contributed by atoms with van der Waals surface area (Å²) in [5, 5.41) is 0. The maximum atomic E-state index is 12.4. The van der Waals surface area contributed by atoms with E-state index in [0.29, 0.717) is 25.6 Å². The number of methoxy groups -OCH3 is 1. The molecule has 3 heterocycles. The minimum Gasteiger partial charge on any atom is -0.479 e. The summed E-state index contributed by atoms with van der Waals surface area (Å²) in [4.78, 5) is 23.1. The van der Waals surface area contributed by atoms with E-state index in [0.717, 1.165) is 34.3 Å². The Kier molecular flexibility index (Phi) is 5.47. The number of amides is 1. The Labute approximate surface area is 171 Å². The van der Waals surface area contributed by atoms with Gasteiger partial charge in [0.15, 0.2) is 0 Å². The van der Waals surface area contributed by atoms with Crippen LogP contribution in [0.3, 0.4) is 0 Å². The van der Waals surface area contributed by atoms with Crippen LogP contribution in [0.5, 0.6) is 5.88 Å². The number of benzene rings is 1. The number of halogens is 1. The molecule has 0 radical (unpaired) electrons. The molecule has 0 spiro atoms. The van der Waals surface area contributed by atoms with E-state index in [-0.39, 0.29) is 12.0 Å². The third-order valence-corrected chi connectivity index (χ3v) is 5.58. The van der Waals surface area contributed by atoms with Gasteiger partial charge in [-0.05, 0) is 34.3 Å². The number of piperidine rings is 1. The Morgan fingerprint density at radius 1 is 1.25 bits per heavy atom. The van der Waals surface area contributed by atoms with E-state index in [4.69, 9.17) is 14.5 Å². The summed E-state index contributed by atoms with van der Waals surface area (Å²) in [6.07, 6.45) is 5.00. The highest BCUT2D eigenvalue weighted by atomic mass is 79.9. The van der Waals surface area contributed by atoms with Crippen LogP contribution >= 0.6 is 15.9 Å². The van der Waals surface area contributed by atoms with Gasteiger partial charge >= 0.3 is 6.09 Å². The minimum atomic E-state index is -0.262. The van der Waals surface area contributed by atoms with E-state index in [1.54, 1.807) is 18.2 Å². The molecule has 1 fully saturated rings. The van der Waals surface area contributed by atoms with Gasteiger partial charge in [0.1, 0.15) is 22.6 Å². The molecule has 1 amide bonds. The SMILES string of the molecule is COc1nccn2c(C3CCN(C(=O)OCc4ccccc4)CC3)nc(Br)c12. The lowest BCUT2D eigenvalue weighted by molar-refractivity contribution is 0.0866. The lowest BCUT2D eigenvalue weighted by Gasteiger charge is -2.30. The van der Waals surface area contributed by atoms with Gasteiger partial charge in [-0.15, -0.1) is 0 Å². The molecule has 0 unspecified atom stereocenters. The highest BCUT2D eigenvalue weighted by molar-refractivity contribution is 9.10. The van der Waals surface area contributed by atoms with E-state index >= 15 is 0 Å². The molecular formula is C20H21BrN4O3. The molecule has 146 valence electrons. The van der Waals surface area contributed by atoms with Crippen molar-refractivity contribution >= 4 is 27.5 Å². The van der Waals surface area contributed by atoms with Crippen LogP contribution in [-0.2, 0) is 11.3 Å². The van der Waals surface area contributed by atoms with Crippen LogP contribution in [0.4, 0.5) is 4.79 Å². The Morgan fingerprint density at radius 3 is 2.71 bits per heavy atom. The van der Waals surface area contributed by atoms with Crippen molar-refractivity contribution in [2.75, 3.05) is 20.2 Å². The number of likely N-dealkylation sites (tertiary alicyclic amines) is 1. The van der Waals surface area contributed by atoms with Crippen molar-refractivity contribution in [3.63, 3.8) is 0 Å². The second-order valence-electron chi connectivity index (χ2n) is 6.72. The van der Waals surface area contributed by atoms with Gasteiger partial charge in [0.05, 0.1) is 7.11 Å². The lowest BCUT2D eigenvalue weighted by Crippen LogP contribution is -2.38. The van der Waals surface area contributed by atoms with Gasteiger partial charge in [0.2, 0.25) is 5.88 Å². The van der Waals surface area contributed by atoms with Crippen LogP contribution in [0.2, 0.25) is 0 Å². The number of nitrogens with zero attached hydrogens (tertiary/aromatic N) is 4. The van der Waals surface area contributed by atoms with Gasteiger partial charge in [-0.3, -0.25) is 4.40 Å². The number of rotatable bonds is 4. The summed E-state index contributed by atoms with van der Waals surface area (Å²) < 4.78 is 13.5. The molecule has 1 aromatic carbocycles. The molecule has 3 aromatic rings. The number of imidazole rings is 1. The average Bonchev–Trinajstić information content (AvgIpc) is 3.09. The number of hydrogen-bond donors (Lipinski definition) is 0. The van der Waals surface area contributed by atoms with Crippen molar-refractivity contribution in [1.82, 2.24) is 19.3 Å². The van der Waals surface area contributed by atoms with Gasteiger partial charge in [-0.2, -0.15) is 0 Å². The van der Waals surface area contributed by atoms with Crippen molar-refractivity contribution in [3.8, 4) is 5.88 Å². The number of hydrogen-bond acceptors (Lipinski definition) is 5. The van der Waals surface area contributed by atoms with Crippen molar-refractivity contribution in [3.05, 3.63) is 58.7 Å². The molecule has 1 aliphatic rings. The molecule has 0 atom stereocenters. The first-order valence-corrected chi connectivity index (χ1v) is 9.98. The summed E-state index contributed by atoms with van der Waals surface area (Å²) in [5.41, 5.74) is 1.81. The van der Waals surface area contributed by atoms with Gasteiger partial charge in [-0.1, -0.05) is 30.3 Å². The third-order valence-electron chi connectivity index (χ3n) is 5.02. The monoisotopic (exact) mass is 444 g/mol. The highest BCUT2D eigenvalue weighted by Crippen LogP contribution is 2.33. The van der Waals surface area contributed by atoms with Crippen molar-refractivity contribution in [1.29, 1.82) is 0 Å². The van der Waals surface area contributed by atoms with E-state index in [2.05, 4.69) is 20.9 Å². The van der Waals surface area contributed by atoms with E-state index < -0.39 is 0 Å². The molecule has 4 rings (SSSR count). The molecule has 0 saturated carbocycles. The van der Waals surface area contributed by atoms with E-state index in [9.17, 15) is 4.79 Å². The summed E-state index contributed by atoms with van der Waals surface area (Å²) >= 11 is 3.52. The highest BCUT2D eigenvalue weighted by Gasteiger charge is 2.28. The fourth-order valence-corrected chi connectivity index (χ4v) is 4.10. The predicted molar refractivity (Wildman–Crippen MR) is 107 cm³/mol. The first kappa shape index (κ1) is 18.7. The maximum absolute atomic E-state index is 12.4. The van der Waals surface area contributed by atoms with Gasteiger partial charge < -0.3 is 14.4 Å². The lowest BCUT2D eigenvalue weighted by atomic mass is 9.96. The zero-order valence-corrected chi connectivity index (χ0v) is 17.1. The van der Waals surface area contributed by atoms with Crippen LogP contribution in [0, 0.1) is 0 Å². The summed E-state index contributed by atoms with van der Waals surface area (Å²) in [6.45, 7) is 1.59. The zero-order chi connectivity index (χ0) is 19.5. The predicted octanol–water partition coefficient (Wildman–Crippen LogP) is 4.02. The number of fused-ring (bicyclic) bond motifs is 1. The number of ether oxygens (including phenoxy) is 2. The molecule has 28 heavy (non-hydrogen) atoms. The fraction of sp³-hybridized carbons (Fsp3) is 0.350. The van der Waals surface area contributed by atoms with Crippen LogP contribution in [0.15, 0.2) is 47.3 Å². The molecule has 8 heteroatoms. The van der Waals surface area contributed by atoms with Gasteiger partial charge in [0.25, 0.3) is 0 Å². The average molecular weight is 445 g/mol. The molecule has 0 bridgehead atoms. The second kappa shape index (κ2) is 8.18. The molecule has 0 N–H and O–H groups in total. The second-order valence-corrected chi connectivity index (χ2v) is 7.47. The Hall–Kier alpha value is -2.61. The molecular weight excluding hydrogens is 424 g/mol. The fourth-order valence-electron chi connectivity index (χ4n) is 3.56. The first-order valence-electron chi connectivity index (χ1n) is 9.19. The summed E-state index contributed by atoms with van der Waals surface area (Å²) in [6, 6.07) is 9.71. The van der Waals surface area contributed by atoms with Crippen LogP contribution in [-0.4, -0.2) is 45.6 Å². The van der Waals surface area contributed by atoms with Gasteiger partial charge in [0, 0.05) is 31.4 Å². The van der Waals surface area contributed by atoms with Crippen molar-refractivity contribution in [2.24, 2.45) is 0 Å². The Bertz CT molecular complexity index is 968. The molecule has 2 aromatic heterocycles. The van der Waals surface area contributed by atoms with Crippen LogP contribution < -0.4 is 4.74 Å². The molecule has 0 aliphatic carbocycles. The summed E-state index contributed by atoms with van der Waals surface area (Å²) in [7, 11) is 1.60. The van der Waals surface area contributed by atoms with Crippen LogP contribution in [0.1, 0.15) is 30.1 Å². The summed E-state index contributed by atoms with van der Waals surface area (Å²) in [5.74, 6) is 1.75. The van der Waals surface area contributed by atoms with Crippen LogP contribution in [0.25, 0.3) is 5.52 Å². The number of carbonyl (C=O) groups is 1. The molecule has 1 saturated heterocycles. The smallest absolute Gasteiger partial charge is 0.410 e. The Balaban J connectivity index is 1.40. The normalized spacial score (nSPS) is 15.0. The maximum Gasteiger partial charge on any atom is 0.410 e. The van der Waals surface area contributed by atoms with E-state index in [1.165, 1.54) is 0 Å². The number of carbonyl (C=O) groups excluding carboxylic acids is 1. The van der Waals surface area contributed by atoms with Crippen molar-refractivity contribution < 1.29 is 14.3 Å². The van der Waals surface area contributed by atoms with Crippen molar-refractivity contribution in [2.45, 2.75) is 25.4 Å². The Morgan fingerprint density at radius 2 is 2.00 bits per heavy atom. The third kappa shape index (κ3) is 3.69. The zero-order valence-electron chi connectivity index (χ0n) is 15.5. The number of aromatic nitrogens is 3. The molecule has 7 nitrogen and oxygen atoms in total. The molecule has 1 aliphatic heterocycles. The standard InChI is InChI=1S/C20H21BrN4O3/c1-27-19-16-17(21)23-18(25(16)12-9-22-19)15-7-10-24(11-8-15)20(26)28-13-14-5-3-2-4-6-14/h2-6,9,12,15H,7-8,10-11,13H2,1H3. The van der Waals surface area contributed by atoms with Gasteiger partial charge in [-0.25, -0.2) is 14.8 Å². The van der Waals surface area contributed by atoms with E-state index in [1.807, 2.05) is 40.9 Å². The minimum absolute atomic E-state index is 0.254. The first-order chi connectivity index (χ1) is 13.7. The largest absolute Gasteiger partial charge is 0.479 e.